The van der Waals surface area contributed by atoms with E-state index in [0.29, 0.717) is 10.5 Å². The van der Waals surface area contributed by atoms with Crippen LogP contribution in [0.2, 0.25) is 0 Å². The molecule has 0 aromatic carbocycles. The van der Waals surface area contributed by atoms with Crippen molar-refractivity contribution in [3.05, 3.63) is 0 Å². The Morgan fingerprint density at radius 1 is 1.56 bits per heavy atom. The highest BCUT2D eigenvalue weighted by Crippen LogP contribution is 2.16. The third-order valence-electron chi connectivity index (χ3n) is 1.38. The van der Waals surface area contributed by atoms with Crippen molar-refractivity contribution in [2.45, 2.75) is 27.2 Å². The van der Waals surface area contributed by atoms with Crippen LogP contribution in [-0.2, 0) is 4.43 Å². The van der Waals surface area contributed by atoms with Crippen LogP contribution in [0, 0.1) is 17.4 Å². The van der Waals surface area contributed by atoms with Gasteiger partial charge in [-0.2, -0.15) is 0 Å². The Balaban J connectivity index is 3.84. The maximum absolute atomic E-state index is 4.76. The minimum absolute atomic E-state index is 0.129. The number of hydrogen-bond acceptors (Lipinski definition) is 1. The predicted octanol–water partition coefficient (Wildman–Crippen LogP) is 0.680. The fourth-order valence-electron chi connectivity index (χ4n) is 0.278. The van der Waals surface area contributed by atoms with E-state index in [1.54, 1.807) is 0 Å². The Morgan fingerprint density at radius 3 is 2.44 bits per heavy atom. The molecular formula is C7H14OSi. The van der Waals surface area contributed by atoms with Crippen molar-refractivity contribution < 1.29 is 4.43 Å². The fourth-order valence-corrected chi connectivity index (χ4v) is 0.380. The topological polar surface area (TPSA) is 9.23 Å². The average molecular weight is 142 g/mol. The molecule has 0 aromatic rings. The Morgan fingerprint density at radius 2 is 2.11 bits per heavy atom. The molecule has 0 radical (unpaired) electrons. The first-order chi connectivity index (χ1) is 4.12. The zero-order chi connectivity index (χ0) is 7.33. The van der Waals surface area contributed by atoms with E-state index in [-0.39, 0.29) is 5.41 Å². The summed E-state index contributed by atoms with van der Waals surface area (Å²) in [6.07, 6.45) is 3.73. The van der Waals surface area contributed by atoms with Gasteiger partial charge >= 0.3 is 0 Å². The largest absolute Gasteiger partial charge is 0.512 e. The maximum atomic E-state index is 4.76. The molecule has 0 rings (SSSR count). The van der Waals surface area contributed by atoms with Gasteiger partial charge in [0.15, 0.2) is 0 Å². The molecule has 0 fully saturated rings. The summed E-state index contributed by atoms with van der Waals surface area (Å²) in [5.41, 5.74) is 0.129. The lowest BCUT2D eigenvalue weighted by atomic mass is 9.92. The second-order valence-electron chi connectivity index (χ2n) is 2.67. The second kappa shape index (κ2) is 3.57. The van der Waals surface area contributed by atoms with Crippen LogP contribution in [-0.4, -0.2) is 10.5 Å². The van der Waals surface area contributed by atoms with Crippen molar-refractivity contribution in [3.63, 3.8) is 0 Å². The molecule has 0 N–H and O–H groups in total. The minimum Gasteiger partial charge on any atom is -0.512 e. The summed E-state index contributed by atoms with van der Waals surface area (Å²) in [6, 6.07) is 0. The van der Waals surface area contributed by atoms with E-state index in [0.717, 1.165) is 6.42 Å². The van der Waals surface area contributed by atoms with Gasteiger partial charge in [-0.25, -0.2) is 0 Å². The maximum Gasteiger partial charge on any atom is 0.219 e. The molecule has 0 aliphatic rings. The smallest absolute Gasteiger partial charge is 0.219 e. The Hall–Kier alpha value is -0.423. The summed E-state index contributed by atoms with van der Waals surface area (Å²) in [7, 11) is 0.711. The SMILES string of the molecule is CCC(C)(C)C#CO[SiH3]. The molecule has 0 aromatic heterocycles. The third kappa shape index (κ3) is 4.10. The number of rotatable bonds is 1. The molecule has 0 unspecified atom stereocenters. The molecule has 0 saturated heterocycles. The van der Waals surface area contributed by atoms with Crippen molar-refractivity contribution >= 4 is 10.5 Å². The first kappa shape index (κ1) is 8.58. The zero-order valence-electron chi connectivity index (χ0n) is 6.62. The fraction of sp³-hybridized carbons (Fsp3) is 0.714. The van der Waals surface area contributed by atoms with Crippen LogP contribution >= 0.6 is 0 Å². The molecular weight excluding hydrogens is 128 g/mol. The molecule has 0 atom stereocenters. The Kier molecular flexibility index (Phi) is 3.41. The molecule has 2 heteroatoms. The molecule has 0 spiro atoms. The van der Waals surface area contributed by atoms with E-state index in [1.165, 1.54) is 0 Å². The highest BCUT2D eigenvalue weighted by molar-refractivity contribution is 5.98. The Bertz CT molecular complexity index is 130. The summed E-state index contributed by atoms with van der Waals surface area (Å²) >= 11 is 0. The molecule has 1 nitrogen and oxygen atoms in total. The molecule has 0 heterocycles. The summed E-state index contributed by atoms with van der Waals surface area (Å²) in [5, 5.41) is 0. The molecule has 0 bridgehead atoms. The van der Waals surface area contributed by atoms with Crippen LogP contribution in [0.25, 0.3) is 0 Å². The van der Waals surface area contributed by atoms with Crippen LogP contribution < -0.4 is 0 Å². The van der Waals surface area contributed by atoms with Crippen molar-refractivity contribution in [2.24, 2.45) is 5.41 Å². The van der Waals surface area contributed by atoms with Gasteiger partial charge in [-0.15, -0.1) is 0 Å². The van der Waals surface area contributed by atoms with Crippen molar-refractivity contribution in [2.75, 3.05) is 0 Å². The second-order valence-corrected chi connectivity index (χ2v) is 3.08. The summed E-state index contributed by atoms with van der Waals surface area (Å²) < 4.78 is 4.76. The van der Waals surface area contributed by atoms with E-state index in [2.05, 4.69) is 32.8 Å². The molecule has 0 aliphatic heterocycles. The van der Waals surface area contributed by atoms with Gasteiger partial charge in [-0.3, -0.25) is 0 Å². The molecule has 52 valence electrons. The zero-order valence-corrected chi connectivity index (χ0v) is 8.62. The van der Waals surface area contributed by atoms with E-state index in [4.69, 9.17) is 4.43 Å². The summed E-state index contributed by atoms with van der Waals surface area (Å²) in [5.74, 6) is 3.02. The van der Waals surface area contributed by atoms with Crippen molar-refractivity contribution in [1.29, 1.82) is 0 Å². The van der Waals surface area contributed by atoms with E-state index < -0.39 is 0 Å². The van der Waals surface area contributed by atoms with Crippen LogP contribution in [0.15, 0.2) is 0 Å². The molecule has 0 saturated carbocycles. The van der Waals surface area contributed by atoms with Crippen LogP contribution in [0.4, 0.5) is 0 Å². The van der Waals surface area contributed by atoms with Gasteiger partial charge < -0.3 is 4.43 Å². The minimum atomic E-state index is 0.129. The van der Waals surface area contributed by atoms with Gasteiger partial charge in [0.1, 0.15) is 0 Å². The number of hydrogen-bond donors (Lipinski definition) is 0. The van der Waals surface area contributed by atoms with Crippen LogP contribution in [0.1, 0.15) is 27.2 Å². The predicted molar refractivity (Wildman–Crippen MR) is 42.9 cm³/mol. The molecule has 9 heavy (non-hydrogen) atoms. The normalized spacial score (nSPS) is 10.1. The third-order valence-corrected chi connectivity index (χ3v) is 1.58. The molecule has 0 aliphatic carbocycles. The average Bonchev–Trinajstić information content (AvgIpc) is 1.84. The highest BCUT2D eigenvalue weighted by atomic mass is 28.2. The quantitative estimate of drug-likeness (QED) is 0.386. The monoisotopic (exact) mass is 142 g/mol. The summed E-state index contributed by atoms with van der Waals surface area (Å²) in [6.45, 7) is 6.35. The van der Waals surface area contributed by atoms with Crippen molar-refractivity contribution in [1.82, 2.24) is 0 Å². The van der Waals surface area contributed by atoms with Crippen LogP contribution in [0.3, 0.4) is 0 Å². The van der Waals surface area contributed by atoms with Gasteiger partial charge in [-0.05, 0) is 20.3 Å². The van der Waals surface area contributed by atoms with Gasteiger partial charge in [0.25, 0.3) is 0 Å². The lowest BCUT2D eigenvalue weighted by molar-refractivity contribution is 0.475. The van der Waals surface area contributed by atoms with E-state index in [9.17, 15) is 0 Å². The van der Waals surface area contributed by atoms with Gasteiger partial charge in [0.05, 0.1) is 6.11 Å². The van der Waals surface area contributed by atoms with Crippen molar-refractivity contribution in [3.8, 4) is 12.0 Å². The van der Waals surface area contributed by atoms with Gasteiger partial charge in [0, 0.05) is 5.41 Å². The van der Waals surface area contributed by atoms with Gasteiger partial charge in [0.2, 0.25) is 10.5 Å². The Labute approximate surface area is 60.3 Å². The van der Waals surface area contributed by atoms with Crippen LogP contribution in [0.5, 0.6) is 0 Å². The first-order valence-corrected chi connectivity index (χ1v) is 3.99. The van der Waals surface area contributed by atoms with Gasteiger partial charge in [-0.1, -0.05) is 12.8 Å². The van der Waals surface area contributed by atoms with E-state index >= 15 is 0 Å². The lowest BCUT2D eigenvalue weighted by Gasteiger charge is -2.12. The first-order valence-electron chi connectivity index (χ1n) is 3.17. The lowest BCUT2D eigenvalue weighted by Crippen LogP contribution is -2.05. The highest BCUT2D eigenvalue weighted by Gasteiger charge is 2.09. The standard InChI is InChI=1S/C7H14OSi/c1-4-7(2,3)5-6-8-9/h4H2,1-3,9H3. The summed E-state index contributed by atoms with van der Waals surface area (Å²) in [4.78, 5) is 0. The van der Waals surface area contributed by atoms with E-state index in [1.807, 2.05) is 0 Å². The molecule has 0 amide bonds.